The molecule has 0 heterocycles. The van der Waals surface area contributed by atoms with Crippen LogP contribution in [0.4, 0.5) is 0 Å². The zero-order valence-electron chi connectivity index (χ0n) is 36.8. The number of ether oxygens (including phenoxy) is 2. The summed E-state index contributed by atoms with van der Waals surface area (Å²) in [6, 6.07) is 0. The Labute approximate surface area is 338 Å². The van der Waals surface area contributed by atoms with Crippen LogP contribution in [-0.4, -0.2) is 36.4 Å². The van der Waals surface area contributed by atoms with Gasteiger partial charge in [0.1, 0.15) is 6.61 Å². The van der Waals surface area contributed by atoms with E-state index in [1.807, 2.05) is 0 Å². The monoisotopic (exact) mass is 765 g/mol. The number of carbonyl (C=O) groups excluding carboxylic acids is 2. The molecule has 0 aliphatic heterocycles. The summed E-state index contributed by atoms with van der Waals surface area (Å²) in [6.07, 6.45) is 53.4. The Kier molecular flexibility index (Phi) is 45.3. The van der Waals surface area contributed by atoms with Crippen LogP contribution in [-0.2, 0) is 19.1 Å². The number of aliphatic hydroxyl groups is 1. The lowest BCUT2D eigenvalue weighted by Gasteiger charge is -2.15. The lowest BCUT2D eigenvalue weighted by molar-refractivity contribution is -0.161. The summed E-state index contributed by atoms with van der Waals surface area (Å²) in [6.45, 7) is 4.19. The van der Waals surface area contributed by atoms with Crippen molar-refractivity contribution in [1.82, 2.24) is 0 Å². The van der Waals surface area contributed by atoms with Gasteiger partial charge in [0.25, 0.3) is 0 Å². The molecule has 0 amide bonds. The maximum atomic E-state index is 12.2. The Balaban J connectivity index is 3.43. The second kappa shape index (κ2) is 46.3. The molecule has 1 unspecified atom stereocenters. The average Bonchev–Trinajstić information content (AvgIpc) is 3.17. The lowest BCUT2D eigenvalue weighted by Crippen LogP contribution is -2.28. The second-order valence-electron chi connectivity index (χ2n) is 16.9. The van der Waals surface area contributed by atoms with Gasteiger partial charge in [-0.2, -0.15) is 0 Å². The Morgan fingerprint density at radius 3 is 0.815 bits per heavy atom. The highest BCUT2D eigenvalue weighted by Crippen LogP contribution is 2.17. The lowest BCUT2D eigenvalue weighted by atomic mass is 10.0. The van der Waals surface area contributed by atoms with Gasteiger partial charge < -0.3 is 14.6 Å². The van der Waals surface area contributed by atoms with Crippen LogP contribution in [0.2, 0.25) is 0 Å². The molecule has 0 rings (SSSR count). The third-order valence-electron chi connectivity index (χ3n) is 11.4. The van der Waals surface area contributed by atoms with Gasteiger partial charge in [-0.25, -0.2) is 0 Å². The quantitative estimate of drug-likeness (QED) is 0.0494. The highest BCUT2D eigenvalue weighted by molar-refractivity contribution is 5.70. The summed E-state index contributed by atoms with van der Waals surface area (Å²) in [4.78, 5) is 24.4. The third-order valence-corrected chi connectivity index (χ3v) is 11.4. The molecule has 0 radical (unpaired) electrons. The van der Waals surface area contributed by atoms with Gasteiger partial charge in [-0.3, -0.25) is 9.59 Å². The van der Waals surface area contributed by atoms with Crippen molar-refractivity contribution in [3.8, 4) is 0 Å². The topological polar surface area (TPSA) is 72.8 Å². The predicted octanol–water partition coefficient (Wildman–Crippen LogP) is 15.9. The Morgan fingerprint density at radius 2 is 0.574 bits per heavy atom. The van der Waals surface area contributed by atoms with Crippen molar-refractivity contribution in [3.63, 3.8) is 0 Å². The molecule has 5 nitrogen and oxygen atoms in total. The van der Waals surface area contributed by atoms with Crippen LogP contribution in [0, 0.1) is 0 Å². The van der Waals surface area contributed by atoms with Gasteiger partial charge in [-0.05, 0) is 12.8 Å². The molecule has 0 aromatic heterocycles. The molecule has 0 bridgehead atoms. The summed E-state index contributed by atoms with van der Waals surface area (Å²) in [5.74, 6) is -0.567. The van der Waals surface area contributed by atoms with Crippen molar-refractivity contribution in [2.24, 2.45) is 0 Å². The number of carbonyl (C=O) groups is 2. The molecule has 0 spiro atoms. The summed E-state index contributed by atoms with van der Waals surface area (Å²) in [5, 5.41) is 9.61. The zero-order valence-corrected chi connectivity index (χ0v) is 36.8. The fraction of sp³-hybridized carbons (Fsp3) is 0.959. The number of hydrogen-bond acceptors (Lipinski definition) is 5. The molecule has 0 aliphatic carbocycles. The standard InChI is InChI=1S/C49H96O5/c1-3-5-7-9-11-13-15-17-19-21-23-24-25-26-28-30-32-34-36-38-40-42-44-49(52)54-47(45-50)46-53-48(51)43-41-39-37-35-33-31-29-27-22-20-18-16-14-12-10-8-6-4-2/h47,50H,3-46H2,1-2H3. The van der Waals surface area contributed by atoms with E-state index in [1.165, 1.54) is 225 Å². The Bertz CT molecular complexity index is 740. The van der Waals surface area contributed by atoms with E-state index in [0.29, 0.717) is 12.8 Å². The van der Waals surface area contributed by atoms with Crippen molar-refractivity contribution < 1.29 is 24.2 Å². The van der Waals surface area contributed by atoms with Gasteiger partial charge in [0, 0.05) is 12.8 Å². The van der Waals surface area contributed by atoms with E-state index < -0.39 is 6.10 Å². The van der Waals surface area contributed by atoms with Crippen LogP contribution in [0.3, 0.4) is 0 Å². The van der Waals surface area contributed by atoms with E-state index in [0.717, 1.165) is 32.1 Å². The average molecular weight is 765 g/mol. The molecule has 0 aromatic rings. The van der Waals surface area contributed by atoms with Crippen LogP contribution in [0.25, 0.3) is 0 Å². The number of esters is 2. The number of aliphatic hydroxyl groups excluding tert-OH is 1. The third kappa shape index (κ3) is 43.6. The van der Waals surface area contributed by atoms with Crippen LogP contribution in [0.5, 0.6) is 0 Å². The van der Waals surface area contributed by atoms with Gasteiger partial charge in [-0.1, -0.05) is 258 Å². The van der Waals surface area contributed by atoms with E-state index in [9.17, 15) is 14.7 Å². The van der Waals surface area contributed by atoms with E-state index >= 15 is 0 Å². The van der Waals surface area contributed by atoms with E-state index in [4.69, 9.17) is 9.47 Å². The zero-order chi connectivity index (χ0) is 39.3. The molecule has 1 atom stereocenters. The summed E-state index contributed by atoms with van der Waals surface area (Å²) in [5.41, 5.74) is 0. The highest BCUT2D eigenvalue weighted by atomic mass is 16.6. The largest absolute Gasteiger partial charge is 0.462 e. The number of rotatable bonds is 46. The predicted molar refractivity (Wildman–Crippen MR) is 233 cm³/mol. The van der Waals surface area contributed by atoms with E-state index in [2.05, 4.69) is 13.8 Å². The van der Waals surface area contributed by atoms with E-state index in [-0.39, 0.29) is 25.2 Å². The van der Waals surface area contributed by atoms with Gasteiger partial charge in [0.05, 0.1) is 6.61 Å². The SMILES string of the molecule is CCCCCCCCCCCCCCCCCCCCCCCCC(=O)OC(CO)COC(=O)CCCCCCCCCCCCCCCCCCCC. The van der Waals surface area contributed by atoms with Crippen LogP contribution in [0.15, 0.2) is 0 Å². The molecule has 0 fully saturated rings. The molecule has 5 heteroatoms. The Morgan fingerprint density at radius 1 is 0.352 bits per heavy atom. The minimum absolute atomic E-state index is 0.0561. The van der Waals surface area contributed by atoms with E-state index in [1.54, 1.807) is 0 Å². The first-order valence-corrected chi connectivity index (χ1v) is 24.6. The van der Waals surface area contributed by atoms with Crippen molar-refractivity contribution in [2.75, 3.05) is 13.2 Å². The Hall–Kier alpha value is -1.10. The summed E-state index contributed by atoms with van der Waals surface area (Å²) < 4.78 is 10.7. The maximum Gasteiger partial charge on any atom is 0.306 e. The van der Waals surface area contributed by atoms with Gasteiger partial charge in [0.2, 0.25) is 0 Å². The molecule has 1 N–H and O–H groups in total. The number of hydrogen-bond donors (Lipinski definition) is 1. The molecular formula is C49H96O5. The second-order valence-corrected chi connectivity index (χ2v) is 16.9. The maximum absolute atomic E-state index is 12.2. The van der Waals surface area contributed by atoms with Crippen molar-refractivity contribution in [2.45, 2.75) is 290 Å². The first-order chi connectivity index (χ1) is 26.6. The van der Waals surface area contributed by atoms with Crippen molar-refractivity contribution in [3.05, 3.63) is 0 Å². The summed E-state index contributed by atoms with van der Waals surface area (Å²) >= 11 is 0. The fourth-order valence-corrected chi connectivity index (χ4v) is 7.68. The van der Waals surface area contributed by atoms with Gasteiger partial charge in [0.15, 0.2) is 6.10 Å². The molecule has 0 aliphatic rings. The first kappa shape index (κ1) is 52.9. The molecule has 54 heavy (non-hydrogen) atoms. The summed E-state index contributed by atoms with van der Waals surface area (Å²) in [7, 11) is 0. The van der Waals surface area contributed by atoms with Crippen molar-refractivity contribution >= 4 is 11.9 Å². The molecule has 322 valence electrons. The first-order valence-electron chi connectivity index (χ1n) is 24.6. The molecule has 0 aromatic carbocycles. The van der Waals surface area contributed by atoms with Crippen LogP contribution in [0.1, 0.15) is 284 Å². The van der Waals surface area contributed by atoms with Crippen LogP contribution >= 0.6 is 0 Å². The molecule has 0 saturated heterocycles. The normalized spacial score (nSPS) is 12.0. The smallest absolute Gasteiger partial charge is 0.306 e. The molecular weight excluding hydrogens is 669 g/mol. The number of unbranched alkanes of at least 4 members (excludes halogenated alkanes) is 38. The van der Waals surface area contributed by atoms with Gasteiger partial charge in [-0.15, -0.1) is 0 Å². The minimum Gasteiger partial charge on any atom is -0.462 e. The van der Waals surface area contributed by atoms with Crippen molar-refractivity contribution in [1.29, 1.82) is 0 Å². The fourth-order valence-electron chi connectivity index (χ4n) is 7.68. The highest BCUT2D eigenvalue weighted by Gasteiger charge is 2.16. The minimum atomic E-state index is -0.763. The molecule has 0 saturated carbocycles. The van der Waals surface area contributed by atoms with Gasteiger partial charge >= 0.3 is 11.9 Å². The van der Waals surface area contributed by atoms with Crippen LogP contribution < -0.4 is 0 Å².